The quantitative estimate of drug-likeness (QED) is 0.834. The van der Waals surface area contributed by atoms with Gasteiger partial charge in [-0.2, -0.15) is 0 Å². The van der Waals surface area contributed by atoms with Gasteiger partial charge in [-0.15, -0.1) is 11.3 Å². The van der Waals surface area contributed by atoms with E-state index in [4.69, 9.17) is 5.11 Å². The van der Waals surface area contributed by atoms with E-state index in [1.54, 1.807) is 6.07 Å². The van der Waals surface area contributed by atoms with Gasteiger partial charge in [0, 0.05) is 17.5 Å². The molecule has 78 valence electrons. The summed E-state index contributed by atoms with van der Waals surface area (Å²) in [5, 5.41) is 8.74. The highest BCUT2D eigenvalue weighted by molar-refractivity contribution is 7.13. The molecule has 1 rings (SSSR count). The number of carboxylic acid groups (broad SMARTS) is 1. The van der Waals surface area contributed by atoms with Crippen LogP contribution < -0.4 is 0 Å². The van der Waals surface area contributed by atoms with Gasteiger partial charge in [0.2, 0.25) is 0 Å². The van der Waals surface area contributed by atoms with Crippen LogP contribution in [0.1, 0.15) is 28.4 Å². The topological polar surface area (TPSA) is 40.5 Å². The molecule has 0 unspecified atom stereocenters. The van der Waals surface area contributed by atoms with E-state index in [1.807, 2.05) is 13.1 Å². The first-order valence-corrected chi connectivity index (χ1v) is 5.34. The van der Waals surface area contributed by atoms with Crippen molar-refractivity contribution in [2.24, 2.45) is 0 Å². The fraction of sp³-hybridized carbons (Fsp3) is 0.500. The lowest BCUT2D eigenvalue weighted by molar-refractivity contribution is 0.0702. The Morgan fingerprint density at radius 3 is 2.64 bits per heavy atom. The molecule has 0 saturated carbocycles. The predicted molar refractivity (Wildman–Crippen MR) is 57.9 cm³/mol. The van der Waals surface area contributed by atoms with Crippen LogP contribution in [-0.2, 0) is 6.54 Å². The van der Waals surface area contributed by atoms with Crippen LogP contribution in [0.2, 0.25) is 0 Å². The van der Waals surface area contributed by atoms with Gasteiger partial charge in [0.15, 0.2) is 0 Å². The number of nitrogens with zero attached hydrogens (tertiary/aromatic N) is 1. The first kappa shape index (κ1) is 11.2. The van der Waals surface area contributed by atoms with Crippen molar-refractivity contribution in [2.75, 3.05) is 7.05 Å². The molecule has 0 aromatic carbocycles. The molecular weight excluding hydrogens is 198 g/mol. The van der Waals surface area contributed by atoms with Crippen LogP contribution in [-0.4, -0.2) is 29.1 Å². The zero-order valence-corrected chi connectivity index (χ0v) is 9.47. The minimum absolute atomic E-state index is 0.414. The Hall–Kier alpha value is -0.870. The zero-order chi connectivity index (χ0) is 10.7. The van der Waals surface area contributed by atoms with Crippen molar-refractivity contribution >= 4 is 17.3 Å². The maximum atomic E-state index is 10.6. The Morgan fingerprint density at radius 1 is 1.57 bits per heavy atom. The third kappa shape index (κ3) is 2.82. The average Bonchev–Trinajstić information content (AvgIpc) is 2.52. The summed E-state index contributed by atoms with van der Waals surface area (Å²) < 4.78 is 0. The second-order valence-electron chi connectivity index (χ2n) is 3.58. The van der Waals surface area contributed by atoms with Crippen LogP contribution in [0, 0.1) is 0 Å². The Kier molecular flexibility index (Phi) is 3.66. The first-order valence-electron chi connectivity index (χ1n) is 4.53. The first-order chi connectivity index (χ1) is 6.50. The van der Waals surface area contributed by atoms with Crippen LogP contribution in [0.4, 0.5) is 0 Å². The van der Waals surface area contributed by atoms with Crippen molar-refractivity contribution < 1.29 is 9.90 Å². The molecule has 0 amide bonds. The summed E-state index contributed by atoms with van der Waals surface area (Å²) in [6, 6.07) is 4.02. The molecule has 0 saturated heterocycles. The molecule has 0 aliphatic carbocycles. The minimum Gasteiger partial charge on any atom is -0.477 e. The highest BCUT2D eigenvalue weighted by Crippen LogP contribution is 2.18. The summed E-state index contributed by atoms with van der Waals surface area (Å²) >= 11 is 1.35. The molecule has 0 fully saturated rings. The molecule has 14 heavy (non-hydrogen) atoms. The van der Waals surface area contributed by atoms with Gasteiger partial charge in [0.05, 0.1) is 0 Å². The van der Waals surface area contributed by atoms with Gasteiger partial charge >= 0.3 is 5.97 Å². The SMILES string of the molecule is CC(C)N(C)Cc1ccc(C(=O)O)s1. The summed E-state index contributed by atoms with van der Waals surface area (Å²) in [4.78, 5) is 14.3. The van der Waals surface area contributed by atoms with Gasteiger partial charge in [-0.1, -0.05) is 0 Å². The van der Waals surface area contributed by atoms with Crippen LogP contribution in [0.5, 0.6) is 0 Å². The largest absolute Gasteiger partial charge is 0.477 e. The fourth-order valence-corrected chi connectivity index (χ4v) is 1.92. The van der Waals surface area contributed by atoms with Gasteiger partial charge in [0.25, 0.3) is 0 Å². The smallest absolute Gasteiger partial charge is 0.345 e. The fourth-order valence-electron chi connectivity index (χ4n) is 1.01. The molecule has 0 atom stereocenters. The molecule has 1 heterocycles. The van der Waals surface area contributed by atoms with E-state index in [0.717, 1.165) is 11.4 Å². The van der Waals surface area contributed by atoms with E-state index in [1.165, 1.54) is 11.3 Å². The van der Waals surface area contributed by atoms with Crippen LogP contribution in [0.25, 0.3) is 0 Å². The van der Waals surface area contributed by atoms with Gasteiger partial charge < -0.3 is 5.11 Å². The number of hydrogen-bond donors (Lipinski definition) is 1. The van der Waals surface area contributed by atoms with E-state index in [-0.39, 0.29) is 0 Å². The van der Waals surface area contributed by atoms with E-state index in [0.29, 0.717) is 10.9 Å². The van der Waals surface area contributed by atoms with E-state index in [2.05, 4.69) is 18.7 Å². The van der Waals surface area contributed by atoms with Crippen LogP contribution in [0.15, 0.2) is 12.1 Å². The molecule has 0 spiro atoms. The Labute approximate surface area is 88.0 Å². The minimum atomic E-state index is -0.839. The second-order valence-corrected chi connectivity index (χ2v) is 4.75. The summed E-state index contributed by atoms with van der Waals surface area (Å²) in [6.07, 6.45) is 0. The van der Waals surface area contributed by atoms with Crippen LogP contribution in [0.3, 0.4) is 0 Å². The van der Waals surface area contributed by atoms with E-state index < -0.39 is 5.97 Å². The average molecular weight is 213 g/mol. The zero-order valence-electron chi connectivity index (χ0n) is 8.65. The Bertz CT molecular complexity index is 320. The van der Waals surface area contributed by atoms with E-state index in [9.17, 15) is 4.79 Å². The summed E-state index contributed by atoms with van der Waals surface area (Å²) in [5.74, 6) is -0.839. The van der Waals surface area contributed by atoms with E-state index >= 15 is 0 Å². The maximum absolute atomic E-state index is 10.6. The lowest BCUT2D eigenvalue weighted by atomic mass is 10.3. The third-order valence-electron chi connectivity index (χ3n) is 2.16. The van der Waals surface area contributed by atoms with Gasteiger partial charge in [-0.25, -0.2) is 4.79 Å². The maximum Gasteiger partial charge on any atom is 0.345 e. The molecule has 0 aliphatic rings. The highest BCUT2D eigenvalue weighted by atomic mass is 32.1. The second kappa shape index (κ2) is 4.57. The lowest BCUT2D eigenvalue weighted by Crippen LogP contribution is -2.25. The van der Waals surface area contributed by atoms with Crippen molar-refractivity contribution in [3.8, 4) is 0 Å². The molecule has 1 aromatic rings. The number of carbonyl (C=O) groups is 1. The predicted octanol–water partition coefficient (Wildman–Crippen LogP) is 2.29. The Balaban J connectivity index is 2.64. The molecule has 3 nitrogen and oxygen atoms in total. The monoisotopic (exact) mass is 213 g/mol. The van der Waals surface area contributed by atoms with Crippen molar-refractivity contribution in [2.45, 2.75) is 26.4 Å². The van der Waals surface area contributed by atoms with Crippen LogP contribution >= 0.6 is 11.3 Å². The highest BCUT2D eigenvalue weighted by Gasteiger charge is 2.09. The number of hydrogen-bond acceptors (Lipinski definition) is 3. The molecule has 1 aromatic heterocycles. The molecule has 0 radical (unpaired) electrons. The Morgan fingerprint density at radius 2 is 2.21 bits per heavy atom. The molecule has 0 aliphatic heterocycles. The normalized spacial score (nSPS) is 11.2. The molecule has 0 bridgehead atoms. The van der Waals surface area contributed by atoms with Gasteiger partial charge in [-0.05, 0) is 33.0 Å². The van der Waals surface area contributed by atoms with Crippen molar-refractivity contribution in [1.82, 2.24) is 4.90 Å². The number of aromatic carboxylic acids is 1. The van der Waals surface area contributed by atoms with Crippen molar-refractivity contribution in [3.63, 3.8) is 0 Å². The standard InChI is InChI=1S/C10H15NO2S/c1-7(2)11(3)6-8-4-5-9(14-8)10(12)13/h4-5,7H,6H2,1-3H3,(H,12,13). The molecule has 1 N–H and O–H groups in total. The van der Waals surface area contributed by atoms with Gasteiger partial charge in [-0.3, -0.25) is 4.90 Å². The molecular formula is C10H15NO2S. The number of thiophene rings is 1. The summed E-state index contributed by atoms with van der Waals surface area (Å²) in [6.45, 7) is 5.05. The lowest BCUT2D eigenvalue weighted by Gasteiger charge is -2.19. The summed E-state index contributed by atoms with van der Waals surface area (Å²) in [7, 11) is 2.03. The van der Waals surface area contributed by atoms with Crippen molar-refractivity contribution in [3.05, 3.63) is 21.9 Å². The number of carboxylic acids is 1. The van der Waals surface area contributed by atoms with Crippen molar-refractivity contribution in [1.29, 1.82) is 0 Å². The summed E-state index contributed by atoms with van der Waals surface area (Å²) in [5.41, 5.74) is 0. The number of rotatable bonds is 4. The third-order valence-corrected chi connectivity index (χ3v) is 3.22. The molecule has 4 heteroatoms. The van der Waals surface area contributed by atoms with Gasteiger partial charge in [0.1, 0.15) is 4.88 Å².